The number of carbonyl (C=O) groups is 1. The molecule has 1 aromatic heterocycles. The molecule has 3 heterocycles. The first-order valence-corrected chi connectivity index (χ1v) is 14.5. The summed E-state index contributed by atoms with van der Waals surface area (Å²) in [7, 11) is 1.83. The second-order valence-corrected chi connectivity index (χ2v) is 11.7. The SMILES string of the molecule is [2H]C([2H])(O)C([2H])([2H])CO[C@]1(c2ccc(Cl)cc2)c2c(F)cc(C(O)(CC)C3(F)CCN(C)CC3)cc2C(=O)N1Cc1ncc(Cl)cn1. The zero-order valence-electron chi connectivity index (χ0n) is 27.6. The van der Waals surface area contributed by atoms with Crippen LogP contribution in [0.3, 0.4) is 0 Å². The number of carbonyl (C=O) groups excluding carboxylic acids is 1. The molecular weight excluding hydrogens is 601 g/mol. The molecule has 0 aliphatic carbocycles. The van der Waals surface area contributed by atoms with Crippen molar-refractivity contribution in [3.63, 3.8) is 0 Å². The number of piperidine rings is 1. The molecule has 230 valence electrons. The molecule has 43 heavy (non-hydrogen) atoms. The quantitative estimate of drug-likeness (QED) is 0.314. The molecule has 0 saturated carbocycles. The average molecular weight is 640 g/mol. The van der Waals surface area contributed by atoms with Crippen LogP contribution in [0.5, 0.6) is 0 Å². The molecule has 1 saturated heterocycles. The summed E-state index contributed by atoms with van der Waals surface area (Å²) in [5, 5.41) is 22.4. The summed E-state index contributed by atoms with van der Waals surface area (Å²) in [6.45, 7) is -2.71. The Kier molecular flexibility index (Phi) is 7.65. The van der Waals surface area contributed by atoms with Gasteiger partial charge in [-0.05, 0) is 62.5 Å². The van der Waals surface area contributed by atoms with Crippen molar-refractivity contribution >= 4 is 29.1 Å². The van der Waals surface area contributed by atoms with E-state index in [0.717, 1.165) is 11.0 Å². The van der Waals surface area contributed by atoms with Gasteiger partial charge in [0.2, 0.25) is 0 Å². The van der Waals surface area contributed by atoms with Gasteiger partial charge in [-0.2, -0.15) is 0 Å². The van der Waals surface area contributed by atoms with Crippen molar-refractivity contribution in [2.24, 2.45) is 0 Å². The van der Waals surface area contributed by atoms with Crippen molar-refractivity contribution < 1.29 is 34.0 Å². The Labute approximate surface area is 264 Å². The molecule has 0 bridgehead atoms. The predicted octanol–water partition coefficient (Wildman–Crippen LogP) is 5.21. The molecule has 2 N–H and O–H groups in total. The van der Waals surface area contributed by atoms with Crippen molar-refractivity contribution in [2.45, 2.75) is 56.1 Å². The van der Waals surface area contributed by atoms with Gasteiger partial charge in [0.05, 0.1) is 32.0 Å². The Morgan fingerprint density at radius 2 is 1.79 bits per heavy atom. The highest BCUT2D eigenvalue weighted by molar-refractivity contribution is 6.30. The van der Waals surface area contributed by atoms with Crippen molar-refractivity contribution in [3.8, 4) is 0 Å². The van der Waals surface area contributed by atoms with Crippen LogP contribution in [0.25, 0.3) is 0 Å². The second kappa shape index (κ2) is 12.3. The van der Waals surface area contributed by atoms with E-state index in [0.29, 0.717) is 13.1 Å². The highest BCUT2D eigenvalue weighted by Crippen LogP contribution is 2.51. The molecule has 2 atom stereocenters. The maximum atomic E-state index is 16.8. The number of rotatable bonds is 10. The van der Waals surface area contributed by atoms with Crippen molar-refractivity contribution in [3.05, 3.63) is 92.7 Å². The molecule has 0 radical (unpaired) electrons. The molecule has 1 amide bonds. The Balaban J connectivity index is 1.75. The van der Waals surface area contributed by atoms with E-state index in [1.807, 2.05) is 11.9 Å². The van der Waals surface area contributed by atoms with Gasteiger partial charge in [0.15, 0.2) is 5.72 Å². The van der Waals surface area contributed by atoms with Gasteiger partial charge in [-0.25, -0.2) is 18.7 Å². The molecule has 12 heteroatoms. The number of ether oxygens (including phenoxy) is 1. The Morgan fingerprint density at radius 1 is 1.14 bits per heavy atom. The zero-order valence-corrected chi connectivity index (χ0v) is 25.1. The third-order valence-electron chi connectivity index (χ3n) is 8.44. The fraction of sp³-hybridized carbons (Fsp3) is 0.452. The van der Waals surface area contributed by atoms with Crippen LogP contribution < -0.4 is 0 Å². The van der Waals surface area contributed by atoms with Gasteiger partial charge in [0.25, 0.3) is 5.91 Å². The summed E-state index contributed by atoms with van der Waals surface area (Å²) in [5.41, 5.74) is -7.38. The largest absolute Gasteiger partial charge is 0.396 e. The standard InChI is InChI=1S/C31H34Cl2F2N4O4/c1-3-30(42,29(35)9-11-38(2)12-10-29)21-15-24-27(25(34)16-21)31(43-14-4-13-40,20-5-7-22(32)8-6-20)39(28(24)41)19-26-36-17-23(33)18-37-26/h5-8,15-18,40,42H,3-4,9-14,19H2,1-2H3/t30?,31-/m1/s1/i4D2,13D2. The van der Waals surface area contributed by atoms with E-state index in [4.69, 9.17) is 33.4 Å². The van der Waals surface area contributed by atoms with Crippen LogP contribution in [0, 0.1) is 5.82 Å². The molecule has 0 spiro atoms. The minimum atomic E-state index is -3.40. The Bertz CT molecular complexity index is 1640. The third-order valence-corrected chi connectivity index (χ3v) is 8.88. The molecule has 5 rings (SSSR count). The van der Waals surface area contributed by atoms with E-state index in [9.17, 15) is 15.0 Å². The fourth-order valence-electron chi connectivity index (χ4n) is 6.08. The van der Waals surface area contributed by atoms with E-state index in [-0.39, 0.29) is 51.8 Å². The maximum Gasteiger partial charge on any atom is 0.257 e. The highest BCUT2D eigenvalue weighted by Gasteiger charge is 2.57. The number of aromatic nitrogens is 2. The molecule has 2 aliphatic rings. The minimum absolute atomic E-state index is 0.0312. The first-order valence-electron chi connectivity index (χ1n) is 15.7. The number of hydrogen-bond donors (Lipinski definition) is 2. The van der Waals surface area contributed by atoms with E-state index >= 15 is 8.78 Å². The summed E-state index contributed by atoms with van der Waals surface area (Å²) >= 11 is 12.1. The molecule has 2 aromatic carbocycles. The lowest BCUT2D eigenvalue weighted by atomic mass is 9.71. The monoisotopic (exact) mass is 638 g/mol. The first-order chi connectivity index (χ1) is 21.9. The summed E-state index contributed by atoms with van der Waals surface area (Å²) in [4.78, 5) is 25.7. The smallest absolute Gasteiger partial charge is 0.257 e. The van der Waals surface area contributed by atoms with Crippen molar-refractivity contribution in [1.82, 2.24) is 19.8 Å². The number of amides is 1. The van der Waals surface area contributed by atoms with Gasteiger partial charge in [-0.1, -0.05) is 42.3 Å². The van der Waals surface area contributed by atoms with Crippen LogP contribution in [0.4, 0.5) is 8.78 Å². The number of halogens is 4. The van der Waals surface area contributed by atoms with Crippen LogP contribution in [0.15, 0.2) is 48.8 Å². The summed E-state index contributed by atoms with van der Waals surface area (Å²) < 4.78 is 71.2. The minimum Gasteiger partial charge on any atom is -0.396 e. The van der Waals surface area contributed by atoms with Crippen LogP contribution in [0.1, 0.15) is 70.9 Å². The van der Waals surface area contributed by atoms with Gasteiger partial charge < -0.3 is 19.8 Å². The zero-order chi connectivity index (χ0) is 34.6. The number of nitrogens with zero attached hydrogens (tertiary/aromatic N) is 4. The molecule has 1 fully saturated rings. The molecule has 8 nitrogen and oxygen atoms in total. The topological polar surface area (TPSA) is 99.0 Å². The lowest BCUT2D eigenvalue weighted by Gasteiger charge is -2.46. The second-order valence-electron chi connectivity index (χ2n) is 10.8. The van der Waals surface area contributed by atoms with E-state index < -0.39 is 60.4 Å². The van der Waals surface area contributed by atoms with Gasteiger partial charge in [0.1, 0.15) is 22.9 Å². The predicted molar refractivity (Wildman–Crippen MR) is 158 cm³/mol. The Morgan fingerprint density at radius 3 is 2.40 bits per heavy atom. The van der Waals surface area contributed by atoms with Crippen LogP contribution in [0.2, 0.25) is 10.0 Å². The van der Waals surface area contributed by atoms with Gasteiger partial charge in [-0.15, -0.1) is 0 Å². The summed E-state index contributed by atoms with van der Waals surface area (Å²) in [6, 6.07) is 7.90. The normalized spacial score (nSPS) is 23.6. The average Bonchev–Trinajstić information content (AvgIpc) is 3.26. The summed E-state index contributed by atoms with van der Waals surface area (Å²) in [6.07, 6.45) is -0.679. The summed E-state index contributed by atoms with van der Waals surface area (Å²) in [5.74, 6) is -1.88. The highest BCUT2D eigenvalue weighted by atomic mass is 35.5. The number of fused-ring (bicyclic) bond motifs is 1. The lowest BCUT2D eigenvalue weighted by molar-refractivity contribution is -0.136. The van der Waals surface area contributed by atoms with Crippen LogP contribution in [-0.2, 0) is 22.6 Å². The van der Waals surface area contributed by atoms with Gasteiger partial charge in [-0.3, -0.25) is 9.69 Å². The lowest BCUT2D eigenvalue weighted by Crippen LogP contribution is -2.54. The molecule has 1 unspecified atom stereocenters. The number of hydrogen-bond acceptors (Lipinski definition) is 7. The molecular formula is C31H34Cl2F2N4O4. The molecule has 2 aliphatic heterocycles. The van der Waals surface area contributed by atoms with Crippen LogP contribution in [-0.4, -0.2) is 74.9 Å². The number of benzene rings is 2. The maximum absolute atomic E-state index is 16.8. The van der Waals surface area contributed by atoms with E-state index in [2.05, 4.69) is 9.97 Å². The number of likely N-dealkylation sites (tertiary alicyclic amines) is 1. The van der Waals surface area contributed by atoms with Crippen molar-refractivity contribution in [1.29, 1.82) is 0 Å². The fourth-order valence-corrected chi connectivity index (χ4v) is 6.30. The van der Waals surface area contributed by atoms with Crippen LogP contribution >= 0.6 is 23.2 Å². The van der Waals surface area contributed by atoms with E-state index in [1.165, 1.54) is 42.7 Å². The van der Waals surface area contributed by atoms with Gasteiger partial charge in [0, 0.05) is 45.4 Å². The van der Waals surface area contributed by atoms with Crippen molar-refractivity contribution in [2.75, 3.05) is 33.3 Å². The van der Waals surface area contributed by atoms with E-state index in [1.54, 1.807) is 6.92 Å². The Hall–Kier alpha value is -2.73. The first kappa shape index (κ1) is 26.7. The van der Waals surface area contributed by atoms with Gasteiger partial charge >= 0.3 is 0 Å². The number of alkyl halides is 1. The third kappa shape index (κ3) is 5.54. The number of aliphatic hydroxyl groups is 2. The molecule has 3 aromatic rings.